The van der Waals surface area contributed by atoms with Crippen LogP contribution in [0, 0.1) is 0 Å². The minimum Gasteiger partial charge on any atom is -0.496 e. The largest absolute Gasteiger partial charge is 0.496 e. The molecule has 1 aliphatic heterocycles. The third-order valence-electron chi connectivity index (χ3n) is 4.74. The highest BCUT2D eigenvalue weighted by Gasteiger charge is 2.21. The van der Waals surface area contributed by atoms with E-state index in [1.165, 1.54) is 9.75 Å². The summed E-state index contributed by atoms with van der Waals surface area (Å²) in [5, 5.41) is -0.0839. The molecule has 0 saturated carbocycles. The molecule has 0 amide bonds. The van der Waals surface area contributed by atoms with E-state index in [0.717, 1.165) is 54.9 Å². The molecule has 4 rings (SSSR count). The fourth-order valence-electron chi connectivity index (χ4n) is 3.35. The molecular weight excluding hydrogens is 394 g/mol. The van der Waals surface area contributed by atoms with Crippen molar-refractivity contribution < 1.29 is 13.2 Å². The first kappa shape index (κ1) is 19.0. The van der Waals surface area contributed by atoms with E-state index < -0.39 is 9.84 Å². The summed E-state index contributed by atoms with van der Waals surface area (Å²) < 4.78 is 28.8. The van der Waals surface area contributed by atoms with Gasteiger partial charge in [0.25, 0.3) is 0 Å². The highest BCUT2D eigenvalue weighted by atomic mass is 32.2. The Kier molecular flexibility index (Phi) is 5.18. The number of thiophene rings is 1. The number of methoxy groups -OCH3 is 1. The Labute approximate surface area is 168 Å². The molecule has 0 bridgehead atoms. The fraction of sp³-hybridized carbons (Fsp3) is 0.300. The van der Waals surface area contributed by atoms with E-state index >= 15 is 0 Å². The molecule has 8 heteroatoms. The maximum absolute atomic E-state index is 11.6. The van der Waals surface area contributed by atoms with Gasteiger partial charge in [-0.1, -0.05) is 12.1 Å². The van der Waals surface area contributed by atoms with E-state index in [-0.39, 0.29) is 5.16 Å². The van der Waals surface area contributed by atoms with Gasteiger partial charge in [-0.05, 0) is 24.3 Å². The Bertz CT molecular complexity index is 1110. The molecule has 146 valence electrons. The molecule has 0 atom stereocenters. The first-order valence-corrected chi connectivity index (χ1v) is 11.6. The third kappa shape index (κ3) is 3.94. The summed E-state index contributed by atoms with van der Waals surface area (Å²) in [5.41, 5.74) is 2.94. The van der Waals surface area contributed by atoms with Gasteiger partial charge in [-0.3, -0.25) is 4.90 Å². The van der Waals surface area contributed by atoms with Gasteiger partial charge in [0.05, 0.1) is 12.8 Å². The number of hydrogen-bond donors (Lipinski definition) is 0. The molecular formula is C20H21N3O3S2. The van der Waals surface area contributed by atoms with Crippen molar-refractivity contribution in [2.24, 2.45) is 0 Å². The smallest absolute Gasteiger partial charge is 0.246 e. The Morgan fingerprint density at radius 1 is 1.21 bits per heavy atom. The first-order chi connectivity index (χ1) is 13.4. The number of benzene rings is 1. The second-order valence-corrected chi connectivity index (χ2v) is 9.90. The highest BCUT2D eigenvalue weighted by Crippen LogP contribution is 2.35. The van der Waals surface area contributed by atoms with Crippen molar-refractivity contribution in [3.8, 4) is 16.2 Å². The van der Waals surface area contributed by atoms with Crippen molar-refractivity contribution in [2.75, 3.05) is 19.9 Å². The van der Waals surface area contributed by atoms with Gasteiger partial charge in [-0.15, -0.1) is 11.3 Å². The molecule has 1 aromatic carbocycles. The van der Waals surface area contributed by atoms with E-state index in [1.807, 2.05) is 18.2 Å². The van der Waals surface area contributed by atoms with E-state index in [1.54, 1.807) is 24.6 Å². The summed E-state index contributed by atoms with van der Waals surface area (Å²) in [5.74, 6) is 0.877. The maximum Gasteiger partial charge on any atom is 0.246 e. The van der Waals surface area contributed by atoms with Crippen LogP contribution in [0.2, 0.25) is 0 Å². The lowest BCUT2D eigenvalue weighted by atomic mass is 10.1. The first-order valence-electron chi connectivity index (χ1n) is 8.93. The Morgan fingerprint density at radius 2 is 2.04 bits per heavy atom. The monoisotopic (exact) mass is 415 g/mol. The number of para-hydroxylation sites is 1. The van der Waals surface area contributed by atoms with Crippen molar-refractivity contribution in [3.63, 3.8) is 0 Å². The van der Waals surface area contributed by atoms with Crippen molar-refractivity contribution in [1.82, 2.24) is 14.9 Å². The minimum absolute atomic E-state index is 0.0839. The van der Waals surface area contributed by atoms with Crippen molar-refractivity contribution in [3.05, 3.63) is 58.7 Å². The molecule has 3 aromatic rings. The zero-order valence-electron chi connectivity index (χ0n) is 15.8. The average molecular weight is 416 g/mol. The Morgan fingerprint density at radius 3 is 2.82 bits per heavy atom. The summed E-state index contributed by atoms with van der Waals surface area (Å²) in [4.78, 5) is 13.1. The lowest BCUT2D eigenvalue weighted by molar-refractivity contribution is 0.244. The average Bonchev–Trinajstić information content (AvgIpc) is 3.15. The number of hydrogen-bond acceptors (Lipinski definition) is 7. The van der Waals surface area contributed by atoms with E-state index in [2.05, 4.69) is 33.1 Å². The predicted octanol–water partition coefficient (Wildman–Crippen LogP) is 3.18. The van der Waals surface area contributed by atoms with Crippen LogP contribution in [0.15, 0.2) is 47.8 Å². The molecule has 28 heavy (non-hydrogen) atoms. The molecule has 2 aromatic heterocycles. The fourth-order valence-corrected chi connectivity index (χ4v) is 4.95. The summed E-state index contributed by atoms with van der Waals surface area (Å²) in [6.07, 6.45) is 3.52. The van der Waals surface area contributed by atoms with Crippen LogP contribution in [0.1, 0.15) is 16.1 Å². The van der Waals surface area contributed by atoms with E-state index in [9.17, 15) is 8.42 Å². The maximum atomic E-state index is 11.6. The van der Waals surface area contributed by atoms with Gasteiger partial charge in [0.15, 0.2) is 0 Å². The van der Waals surface area contributed by atoms with Crippen LogP contribution in [-0.4, -0.2) is 43.2 Å². The SMILES string of the molecule is COc1ccccc1-c1ccc(CN2CCc3nc(S(C)(=O)=O)ncc3C2)s1. The third-order valence-corrected chi connectivity index (χ3v) is 6.70. The number of rotatable bonds is 5. The van der Waals surface area contributed by atoms with Gasteiger partial charge in [0.1, 0.15) is 5.75 Å². The standard InChI is InChI=1S/C20H21N3O3S2/c1-26-18-6-4-3-5-16(18)19-8-7-15(27-19)13-23-10-9-17-14(12-23)11-21-20(22-17)28(2,24)25/h3-8,11H,9-10,12-13H2,1-2H3. The number of sulfone groups is 1. The number of aromatic nitrogens is 2. The van der Waals surface area contributed by atoms with Crippen LogP contribution in [0.4, 0.5) is 0 Å². The van der Waals surface area contributed by atoms with Gasteiger partial charge in [-0.25, -0.2) is 18.4 Å². The molecule has 0 unspecified atom stereocenters. The summed E-state index contributed by atoms with van der Waals surface area (Å²) in [6, 6.07) is 12.3. The van der Waals surface area contributed by atoms with Gasteiger partial charge in [-0.2, -0.15) is 0 Å². The van der Waals surface area contributed by atoms with Crippen molar-refractivity contribution in [2.45, 2.75) is 24.7 Å². The molecule has 0 radical (unpaired) electrons. The lowest BCUT2D eigenvalue weighted by Crippen LogP contribution is -2.31. The highest BCUT2D eigenvalue weighted by molar-refractivity contribution is 7.90. The van der Waals surface area contributed by atoms with Crippen LogP contribution >= 0.6 is 11.3 Å². The van der Waals surface area contributed by atoms with Crippen molar-refractivity contribution >= 4 is 21.2 Å². The molecule has 0 aliphatic carbocycles. The van der Waals surface area contributed by atoms with E-state index in [4.69, 9.17) is 4.74 Å². The van der Waals surface area contributed by atoms with Crippen LogP contribution in [0.25, 0.3) is 10.4 Å². The van der Waals surface area contributed by atoms with Gasteiger partial charge in [0, 0.05) is 59.4 Å². The summed E-state index contributed by atoms with van der Waals surface area (Å²) >= 11 is 1.76. The van der Waals surface area contributed by atoms with Crippen molar-refractivity contribution in [1.29, 1.82) is 0 Å². The molecule has 3 heterocycles. The van der Waals surface area contributed by atoms with Crippen LogP contribution in [0.5, 0.6) is 5.75 Å². The predicted molar refractivity (Wildman–Crippen MR) is 109 cm³/mol. The summed E-state index contributed by atoms with van der Waals surface area (Å²) in [6.45, 7) is 2.41. The molecule has 0 fully saturated rings. The van der Waals surface area contributed by atoms with Crippen LogP contribution in [-0.2, 0) is 29.3 Å². The quantitative estimate of drug-likeness (QED) is 0.596. The normalized spacial score (nSPS) is 14.6. The van der Waals surface area contributed by atoms with Crippen LogP contribution < -0.4 is 4.74 Å². The second-order valence-electron chi connectivity index (χ2n) is 6.82. The van der Waals surface area contributed by atoms with Gasteiger partial charge < -0.3 is 4.74 Å². The Balaban J connectivity index is 1.49. The van der Waals surface area contributed by atoms with E-state index in [0.29, 0.717) is 0 Å². The lowest BCUT2D eigenvalue weighted by Gasteiger charge is -2.27. The Hall–Kier alpha value is -2.29. The second kappa shape index (κ2) is 7.62. The molecule has 1 aliphatic rings. The van der Waals surface area contributed by atoms with Gasteiger partial charge in [0.2, 0.25) is 15.0 Å². The minimum atomic E-state index is -3.37. The molecule has 0 saturated heterocycles. The zero-order valence-corrected chi connectivity index (χ0v) is 17.4. The summed E-state index contributed by atoms with van der Waals surface area (Å²) in [7, 11) is -1.68. The van der Waals surface area contributed by atoms with Gasteiger partial charge >= 0.3 is 0 Å². The number of fused-ring (bicyclic) bond motifs is 1. The van der Waals surface area contributed by atoms with Crippen LogP contribution in [0.3, 0.4) is 0 Å². The zero-order chi connectivity index (χ0) is 19.7. The molecule has 0 N–H and O–H groups in total. The topological polar surface area (TPSA) is 72.4 Å². The molecule has 6 nitrogen and oxygen atoms in total. The number of ether oxygens (including phenoxy) is 1. The molecule has 0 spiro atoms. The number of nitrogens with zero attached hydrogens (tertiary/aromatic N) is 3.